The van der Waals surface area contributed by atoms with Gasteiger partial charge in [-0.05, 0) is 19.1 Å². The number of nitrogens with zero attached hydrogens (tertiary/aromatic N) is 4. The Labute approximate surface area is 148 Å². The molecule has 0 aliphatic carbocycles. The second-order valence-electron chi connectivity index (χ2n) is 4.94. The molecule has 1 aromatic carbocycles. The summed E-state index contributed by atoms with van der Waals surface area (Å²) in [5.74, 6) is -1.32. The van der Waals surface area contributed by atoms with Gasteiger partial charge in [-0.1, -0.05) is 12.1 Å². The molecule has 2 rings (SSSR count). The Morgan fingerprint density at radius 1 is 1.23 bits per heavy atom. The summed E-state index contributed by atoms with van der Waals surface area (Å²) in [5, 5.41) is 9.20. The van der Waals surface area contributed by atoms with Crippen LogP contribution in [0, 0.1) is 6.92 Å². The van der Waals surface area contributed by atoms with Gasteiger partial charge in [-0.3, -0.25) is 0 Å². The van der Waals surface area contributed by atoms with Crippen LogP contribution < -0.4 is 10.5 Å². The number of aromatic nitrogens is 3. The van der Waals surface area contributed by atoms with Crippen molar-refractivity contribution >= 4 is 22.0 Å². The molecule has 0 unspecified atom stereocenters. The van der Waals surface area contributed by atoms with Gasteiger partial charge in [-0.15, -0.1) is 0 Å². The number of hydrogen-bond donors (Lipinski definition) is 2. The molecule has 3 N–H and O–H groups in total. The number of benzene rings is 1. The first kappa shape index (κ1) is 19.1. The summed E-state index contributed by atoms with van der Waals surface area (Å²) in [6.07, 6.45) is 0. The fraction of sp³-hybridized carbons (Fsp3) is 0.214. The Hall–Kier alpha value is -3.28. The summed E-state index contributed by atoms with van der Waals surface area (Å²) in [4.78, 5) is 34.1. The van der Waals surface area contributed by atoms with Gasteiger partial charge in [0.2, 0.25) is 0 Å². The van der Waals surface area contributed by atoms with E-state index in [1.165, 1.54) is 26.2 Å². The lowest BCUT2D eigenvalue weighted by atomic mass is 10.2. The smallest absolute Gasteiger partial charge is 0.337 e. The first-order valence-electron chi connectivity index (χ1n) is 7.07. The van der Waals surface area contributed by atoms with Crippen LogP contribution in [0.5, 0.6) is 6.01 Å². The van der Waals surface area contributed by atoms with E-state index in [9.17, 15) is 23.1 Å². The molecule has 11 nitrogen and oxygen atoms in total. The predicted octanol–water partition coefficient (Wildman–Crippen LogP) is 0.156. The molecule has 0 aliphatic heterocycles. The maximum Gasteiger partial charge on any atom is 0.337 e. The van der Waals surface area contributed by atoms with Crippen LogP contribution in [0.1, 0.15) is 22.0 Å². The highest BCUT2D eigenvalue weighted by molar-refractivity contribution is 7.89. The SMILES string of the molecule is COc1nc(C)nc(CN(C(N)=O)S(=O)(=O)c2ccccc2C(=O)O)n1. The Morgan fingerprint density at radius 2 is 1.88 bits per heavy atom. The fourth-order valence-corrected chi connectivity index (χ4v) is 3.51. The van der Waals surface area contributed by atoms with Crippen LogP contribution >= 0.6 is 0 Å². The van der Waals surface area contributed by atoms with Gasteiger partial charge in [0.05, 0.1) is 19.2 Å². The summed E-state index contributed by atoms with van der Waals surface area (Å²) >= 11 is 0. The van der Waals surface area contributed by atoms with Gasteiger partial charge in [-0.2, -0.15) is 9.97 Å². The highest BCUT2D eigenvalue weighted by atomic mass is 32.2. The Morgan fingerprint density at radius 3 is 2.46 bits per heavy atom. The molecule has 0 aliphatic rings. The number of ether oxygens (including phenoxy) is 1. The summed E-state index contributed by atoms with van der Waals surface area (Å²) < 4.78 is 30.8. The van der Waals surface area contributed by atoms with Crippen LogP contribution in [0.4, 0.5) is 4.79 Å². The molecule has 0 bridgehead atoms. The monoisotopic (exact) mass is 381 g/mol. The Kier molecular flexibility index (Phi) is 5.35. The van der Waals surface area contributed by atoms with Crippen molar-refractivity contribution in [1.29, 1.82) is 0 Å². The molecule has 1 aromatic heterocycles. The highest BCUT2D eigenvalue weighted by Gasteiger charge is 2.32. The zero-order valence-electron chi connectivity index (χ0n) is 13.8. The van der Waals surface area contributed by atoms with Crippen molar-refractivity contribution in [3.63, 3.8) is 0 Å². The molecule has 2 amide bonds. The van der Waals surface area contributed by atoms with Gasteiger partial charge >= 0.3 is 18.0 Å². The number of methoxy groups -OCH3 is 1. The number of urea groups is 1. The second-order valence-corrected chi connectivity index (χ2v) is 6.77. The number of carboxylic acid groups (broad SMARTS) is 1. The van der Waals surface area contributed by atoms with Crippen LogP contribution in [0.15, 0.2) is 29.2 Å². The van der Waals surface area contributed by atoms with Crippen LogP contribution in [-0.4, -0.2) is 51.9 Å². The van der Waals surface area contributed by atoms with E-state index in [4.69, 9.17) is 10.5 Å². The van der Waals surface area contributed by atoms with E-state index in [1.54, 1.807) is 0 Å². The van der Waals surface area contributed by atoms with Gasteiger partial charge in [0.25, 0.3) is 10.0 Å². The van der Waals surface area contributed by atoms with Crippen molar-refractivity contribution in [1.82, 2.24) is 19.3 Å². The molecule has 138 valence electrons. The van der Waals surface area contributed by atoms with Crippen LogP contribution in [0.2, 0.25) is 0 Å². The molecular formula is C14H15N5O6S. The van der Waals surface area contributed by atoms with Crippen molar-refractivity contribution in [3.8, 4) is 6.01 Å². The lowest BCUT2D eigenvalue weighted by molar-refractivity contribution is 0.0692. The van der Waals surface area contributed by atoms with Crippen molar-refractivity contribution in [3.05, 3.63) is 41.5 Å². The molecule has 2 aromatic rings. The van der Waals surface area contributed by atoms with Crippen molar-refractivity contribution in [2.75, 3.05) is 7.11 Å². The molecule has 0 saturated heterocycles. The van der Waals surface area contributed by atoms with Crippen molar-refractivity contribution in [2.24, 2.45) is 5.73 Å². The van der Waals surface area contributed by atoms with E-state index in [-0.39, 0.29) is 22.0 Å². The molecule has 0 fully saturated rings. The molecule has 0 saturated carbocycles. The number of aromatic carboxylic acids is 1. The average Bonchev–Trinajstić information content (AvgIpc) is 2.58. The highest BCUT2D eigenvalue weighted by Crippen LogP contribution is 2.22. The van der Waals surface area contributed by atoms with Gasteiger partial charge in [0, 0.05) is 0 Å². The molecular weight excluding hydrogens is 366 g/mol. The first-order valence-corrected chi connectivity index (χ1v) is 8.51. The van der Waals surface area contributed by atoms with Gasteiger partial charge in [0.1, 0.15) is 10.7 Å². The Bertz CT molecular complexity index is 962. The molecule has 26 heavy (non-hydrogen) atoms. The largest absolute Gasteiger partial charge is 0.478 e. The summed E-state index contributed by atoms with van der Waals surface area (Å²) in [6.45, 7) is 0.905. The maximum atomic E-state index is 12.8. The van der Waals surface area contributed by atoms with E-state index in [2.05, 4.69) is 15.0 Å². The molecule has 12 heteroatoms. The minimum absolute atomic E-state index is 0.0692. The standard InChI is InChI=1S/C14H15N5O6S/c1-8-16-11(18-14(17-8)25-2)7-19(13(15)22)26(23,24)10-6-4-3-5-9(10)12(20)21/h3-6H,7H2,1-2H3,(H2,15,22)(H,20,21). The van der Waals surface area contributed by atoms with E-state index in [0.29, 0.717) is 0 Å². The fourth-order valence-electron chi connectivity index (χ4n) is 2.07. The summed E-state index contributed by atoms with van der Waals surface area (Å²) in [6, 6.07) is 3.46. The number of sulfonamides is 1. The normalized spacial score (nSPS) is 11.0. The molecule has 1 heterocycles. The minimum Gasteiger partial charge on any atom is -0.478 e. The third-order valence-electron chi connectivity index (χ3n) is 3.17. The number of nitrogens with two attached hydrogens (primary N) is 1. The first-order chi connectivity index (χ1) is 12.2. The lowest BCUT2D eigenvalue weighted by Crippen LogP contribution is -2.41. The van der Waals surface area contributed by atoms with Crippen molar-refractivity contribution < 1.29 is 27.9 Å². The van der Waals surface area contributed by atoms with E-state index in [0.717, 1.165) is 12.1 Å². The Balaban J connectivity index is 2.52. The number of carbonyl (C=O) groups excluding carboxylic acids is 1. The molecule has 0 atom stereocenters. The zero-order valence-corrected chi connectivity index (χ0v) is 14.6. The predicted molar refractivity (Wildman–Crippen MR) is 86.8 cm³/mol. The topological polar surface area (TPSA) is 166 Å². The molecule has 0 radical (unpaired) electrons. The van der Waals surface area contributed by atoms with Crippen LogP contribution in [-0.2, 0) is 16.6 Å². The number of aryl methyl sites for hydroxylation is 1. The van der Waals surface area contributed by atoms with E-state index < -0.39 is 39.0 Å². The van der Waals surface area contributed by atoms with Gasteiger partial charge in [0.15, 0.2) is 5.82 Å². The number of carboxylic acids is 1. The maximum absolute atomic E-state index is 12.8. The number of hydrogen-bond acceptors (Lipinski definition) is 8. The second kappa shape index (κ2) is 7.31. The van der Waals surface area contributed by atoms with Gasteiger partial charge in [-0.25, -0.2) is 27.3 Å². The number of primary amides is 1. The molecule has 0 spiro atoms. The number of rotatable bonds is 6. The van der Waals surface area contributed by atoms with Gasteiger partial charge < -0.3 is 15.6 Å². The average molecular weight is 381 g/mol. The van der Waals surface area contributed by atoms with E-state index >= 15 is 0 Å². The third kappa shape index (κ3) is 3.85. The van der Waals surface area contributed by atoms with Crippen LogP contribution in [0.25, 0.3) is 0 Å². The minimum atomic E-state index is -4.57. The van der Waals surface area contributed by atoms with Crippen LogP contribution in [0.3, 0.4) is 0 Å². The number of amides is 2. The quantitative estimate of drug-likeness (QED) is 0.708. The summed E-state index contributed by atoms with van der Waals surface area (Å²) in [7, 11) is -3.26. The third-order valence-corrected chi connectivity index (χ3v) is 4.97. The zero-order chi connectivity index (χ0) is 19.5. The van der Waals surface area contributed by atoms with E-state index in [1.807, 2.05) is 0 Å². The lowest BCUT2D eigenvalue weighted by Gasteiger charge is -2.20. The summed E-state index contributed by atoms with van der Waals surface area (Å²) in [5.41, 5.74) is 4.70. The number of carbonyl (C=O) groups is 2. The van der Waals surface area contributed by atoms with Crippen molar-refractivity contribution in [2.45, 2.75) is 18.4 Å².